The molecule has 6 heteroatoms. The Kier molecular flexibility index (Phi) is 5.18. The molecule has 1 aromatic carbocycles. The Hall–Kier alpha value is -2.66. The van der Waals surface area contributed by atoms with Gasteiger partial charge < -0.3 is 5.32 Å². The molecule has 0 atom stereocenters. The first-order valence-corrected chi connectivity index (χ1v) is 9.94. The zero-order chi connectivity index (χ0) is 19.6. The van der Waals surface area contributed by atoms with E-state index < -0.39 is 5.41 Å². The van der Waals surface area contributed by atoms with E-state index in [1.54, 1.807) is 12.4 Å². The van der Waals surface area contributed by atoms with Gasteiger partial charge in [-0.15, -0.1) is 0 Å². The predicted molar refractivity (Wildman–Crippen MR) is 110 cm³/mol. The Bertz CT molecular complexity index is 960. The van der Waals surface area contributed by atoms with Gasteiger partial charge in [0.2, 0.25) is 5.91 Å². The number of benzene rings is 1. The molecule has 1 aliphatic rings. The van der Waals surface area contributed by atoms with Crippen molar-refractivity contribution in [3.8, 4) is 11.3 Å². The third-order valence-corrected chi connectivity index (χ3v) is 5.88. The molecule has 0 saturated heterocycles. The van der Waals surface area contributed by atoms with Gasteiger partial charge in [-0.3, -0.25) is 14.5 Å². The Morgan fingerprint density at radius 3 is 2.50 bits per heavy atom. The van der Waals surface area contributed by atoms with Crippen LogP contribution in [0.5, 0.6) is 0 Å². The molecule has 2 heterocycles. The Morgan fingerprint density at radius 1 is 1.14 bits per heavy atom. The number of amides is 1. The number of carbonyl (C=O) groups excluding carboxylic acids is 1. The van der Waals surface area contributed by atoms with Gasteiger partial charge in [-0.25, -0.2) is 0 Å². The second kappa shape index (κ2) is 7.76. The molecule has 1 saturated carbocycles. The van der Waals surface area contributed by atoms with Crippen LogP contribution >= 0.6 is 11.6 Å². The SMILES string of the molecule is Cn1nc(CNC(=O)C2(c3ccc(Cl)cc3)CCCC2)cc1-c1ccncc1. The molecule has 1 fully saturated rings. The van der Waals surface area contributed by atoms with Crippen LogP contribution in [0, 0.1) is 0 Å². The van der Waals surface area contributed by atoms with E-state index >= 15 is 0 Å². The lowest BCUT2D eigenvalue weighted by Gasteiger charge is -2.28. The Morgan fingerprint density at radius 2 is 1.82 bits per heavy atom. The van der Waals surface area contributed by atoms with Crippen molar-refractivity contribution in [3.63, 3.8) is 0 Å². The number of hydrogen-bond acceptors (Lipinski definition) is 3. The number of nitrogens with zero attached hydrogens (tertiary/aromatic N) is 3. The third-order valence-electron chi connectivity index (χ3n) is 5.63. The fourth-order valence-electron chi connectivity index (χ4n) is 4.14. The molecule has 0 radical (unpaired) electrons. The van der Waals surface area contributed by atoms with Crippen molar-refractivity contribution in [2.24, 2.45) is 7.05 Å². The second-order valence-corrected chi connectivity index (χ2v) is 7.80. The molecule has 2 aromatic heterocycles. The van der Waals surface area contributed by atoms with Crippen LogP contribution in [-0.2, 0) is 23.8 Å². The quantitative estimate of drug-likeness (QED) is 0.703. The minimum absolute atomic E-state index is 0.0726. The van der Waals surface area contributed by atoms with Gasteiger partial charge >= 0.3 is 0 Å². The molecule has 4 rings (SSSR count). The topological polar surface area (TPSA) is 59.8 Å². The van der Waals surface area contributed by atoms with E-state index in [0.717, 1.165) is 48.2 Å². The van der Waals surface area contributed by atoms with Crippen LogP contribution in [0.2, 0.25) is 5.02 Å². The molecule has 0 spiro atoms. The number of hydrogen-bond donors (Lipinski definition) is 1. The average molecular weight is 395 g/mol. The van der Waals surface area contributed by atoms with Crippen molar-refractivity contribution in [1.82, 2.24) is 20.1 Å². The molecule has 1 N–H and O–H groups in total. The number of aromatic nitrogens is 3. The highest BCUT2D eigenvalue weighted by Gasteiger charge is 2.42. The standard InChI is InChI=1S/C22H23ClN4O/c1-27-20(16-8-12-24-13-9-16)14-19(26-27)15-25-21(28)22(10-2-3-11-22)17-4-6-18(23)7-5-17/h4-9,12-14H,2-3,10-11,15H2,1H3,(H,25,28). The summed E-state index contributed by atoms with van der Waals surface area (Å²) in [5.41, 5.74) is 3.47. The average Bonchev–Trinajstić information content (AvgIpc) is 3.35. The van der Waals surface area contributed by atoms with E-state index in [9.17, 15) is 4.79 Å². The van der Waals surface area contributed by atoms with Gasteiger partial charge in [0.1, 0.15) is 0 Å². The van der Waals surface area contributed by atoms with Gasteiger partial charge in [0.05, 0.1) is 23.3 Å². The molecule has 0 bridgehead atoms. The molecule has 3 aromatic rings. The lowest BCUT2D eigenvalue weighted by molar-refractivity contribution is -0.126. The fourth-order valence-corrected chi connectivity index (χ4v) is 4.27. The maximum atomic E-state index is 13.2. The smallest absolute Gasteiger partial charge is 0.230 e. The van der Waals surface area contributed by atoms with Crippen LogP contribution in [0.3, 0.4) is 0 Å². The molecule has 0 unspecified atom stereocenters. The molecular formula is C22H23ClN4O. The Balaban J connectivity index is 1.51. The second-order valence-electron chi connectivity index (χ2n) is 7.36. The van der Waals surface area contributed by atoms with Crippen molar-refractivity contribution in [2.45, 2.75) is 37.6 Å². The zero-order valence-electron chi connectivity index (χ0n) is 15.9. The summed E-state index contributed by atoms with van der Waals surface area (Å²) in [5, 5.41) is 8.37. The molecule has 144 valence electrons. The maximum Gasteiger partial charge on any atom is 0.230 e. The van der Waals surface area contributed by atoms with Gasteiger partial charge in [-0.05, 0) is 48.7 Å². The van der Waals surface area contributed by atoms with Crippen LogP contribution in [0.4, 0.5) is 0 Å². The van der Waals surface area contributed by atoms with Crippen molar-refractivity contribution in [3.05, 3.63) is 71.1 Å². The zero-order valence-corrected chi connectivity index (χ0v) is 16.6. The highest BCUT2D eigenvalue weighted by Crippen LogP contribution is 2.41. The Labute approximate surface area is 169 Å². The lowest BCUT2D eigenvalue weighted by atomic mass is 9.78. The van der Waals surface area contributed by atoms with Crippen molar-refractivity contribution < 1.29 is 4.79 Å². The number of rotatable bonds is 5. The van der Waals surface area contributed by atoms with Gasteiger partial charge in [-0.2, -0.15) is 5.10 Å². The van der Waals surface area contributed by atoms with Crippen molar-refractivity contribution in [2.75, 3.05) is 0 Å². The predicted octanol–water partition coefficient (Wildman–Crippen LogP) is 4.26. The normalized spacial score (nSPS) is 15.5. The molecule has 0 aliphatic heterocycles. The monoisotopic (exact) mass is 394 g/mol. The van der Waals surface area contributed by atoms with E-state index in [0.29, 0.717) is 11.6 Å². The number of aryl methyl sites for hydroxylation is 1. The number of carbonyl (C=O) groups is 1. The minimum Gasteiger partial charge on any atom is -0.350 e. The summed E-state index contributed by atoms with van der Waals surface area (Å²) in [4.78, 5) is 17.3. The van der Waals surface area contributed by atoms with Crippen LogP contribution in [0.15, 0.2) is 54.9 Å². The van der Waals surface area contributed by atoms with Gasteiger partial charge in [-0.1, -0.05) is 36.6 Å². The van der Waals surface area contributed by atoms with E-state index in [1.165, 1.54) is 0 Å². The summed E-state index contributed by atoms with van der Waals surface area (Å²) < 4.78 is 1.83. The maximum absolute atomic E-state index is 13.2. The number of halogens is 1. The molecule has 1 aliphatic carbocycles. The lowest BCUT2D eigenvalue weighted by Crippen LogP contribution is -2.42. The molecule has 28 heavy (non-hydrogen) atoms. The minimum atomic E-state index is -0.465. The van der Waals surface area contributed by atoms with E-state index in [4.69, 9.17) is 11.6 Å². The van der Waals surface area contributed by atoms with Crippen LogP contribution in [0.1, 0.15) is 36.9 Å². The first kappa shape index (κ1) is 18.7. The van der Waals surface area contributed by atoms with E-state index in [2.05, 4.69) is 15.4 Å². The molecular weight excluding hydrogens is 372 g/mol. The first-order valence-electron chi connectivity index (χ1n) is 9.56. The summed E-state index contributed by atoms with van der Waals surface area (Å²) in [7, 11) is 1.91. The van der Waals surface area contributed by atoms with Crippen molar-refractivity contribution in [1.29, 1.82) is 0 Å². The van der Waals surface area contributed by atoms with Crippen LogP contribution in [0.25, 0.3) is 11.3 Å². The summed E-state index contributed by atoms with van der Waals surface area (Å²) in [6.07, 6.45) is 7.38. The number of nitrogens with one attached hydrogen (secondary N) is 1. The summed E-state index contributed by atoms with van der Waals surface area (Å²) >= 11 is 6.04. The summed E-state index contributed by atoms with van der Waals surface area (Å²) in [6, 6.07) is 13.6. The summed E-state index contributed by atoms with van der Waals surface area (Å²) in [5.74, 6) is 0.0726. The first-order chi connectivity index (χ1) is 13.6. The highest BCUT2D eigenvalue weighted by molar-refractivity contribution is 6.30. The highest BCUT2D eigenvalue weighted by atomic mass is 35.5. The van der Waals surface area contributed by atoms with E-state index in [1.807, 2.05) is 54.2 Å². The third kappa shape index (κ3) is 3.54. The van der Waals surface area contributed by atoms with Crippen LogP contribution in [-0.4, -0.2) is 20.7 Å². The van der Waals surface area contributed by atoms with E-state index in [-0.39, 0.29) is 5.91 Å². The fraction of sp³-hybridized carbons (Fsp3) is 0.318. The molecule has 5 nitrogen and oxygen atoms in total. The largest absolute Gasteiger partial charge is 0.350 e. The van der Waals surface area contributed by atoms with Crippen LogP contribution < -0.4 is 5.32 Å². The van der Waals surface area contributed by atoms with Gasteiger partial charge in [0, 0.05) is 30.0 Å². The number of pyridine rings is 1. The van der Waals surface area contributed by atoms with Gasteiger partial charge in [0.25, 0.3) is 0 Å². The summed E-state index contributed by atoms with van der Waals surface area (Å²) in [6.45, 7) is 0.410. The van der Waals surface area contributed by atoms with Crippen molar-refractivity contribution >= 4 is 17.5 Å². The van der Waals surface area contributed by atoms with Gasteiger partial charge in [0.15, 0.2) is 0 Å². The molecule has 1 amide bonds.